The molecule has 0 unspecified atom stereocenters. The second-order valence-corrected chi connectivity index (χ2v) is 7.44. The van der Waals surface area contributed by atoms with Gasteiger partial charge in [-0.1, -0.05) is 12.1 Å². The fourth-order valence-corrected chi connectivity index (χ4v) is 3.85. The summed E-state index contributed by atoms with van der Waals surface area (Å²) >= 11 is 0. The first-order chi connectivity index (χ1) is 14.1. The molecule has 0 saturated carbocycles. The topological polar surface area (TPSA) is 53.2 Å². The standard InChI is InChI=1S/C23H27FN4O/c1-16-21(17(2)27-26-16)8-13-29-23-15-19(24)6-7-22(23)18-4-3-5-20(14-18)28-11-9-25-10-12-28/h3-7,14-15,25H,8-13H2,1-2H3,(H,26,27). The summed E-state index contributed by atoms with van der Waals surface area (Å²) in [5.41, 5.74) is 6.31. The molecule has 2 N–H and O–H groups in total. The van der Waals surface area contributed by atoms with Gasteiger partial charge < -0.3 is 15.0 Å². The molecule has 0 radical (unpaired) electrons. The predicted octanol–water partition coefficient (Wildman–Crippen LogP) is 3.86. The summed E-state index contributed by atoms with van der Waals surface area (Å²) < 4.78 is 20.0. The second-order valence-electron chi connectivity index (χ2n) is 7.44. The molecule has 0 spiro atoms. The first-order valence-corrected chi connectivity index (χ1v) is 10.1. The van der Waals surface area contributed by atoms with Crippen LogP contribution >= 0.6 is 0 Å². The third-order valence-corrected chi connectivity index (χ3v) is 5.47. The number of aromatic nitrogens is 2. The number of rotatable bonds is 6. The molecule has 3 aromatic rings. The number of nitrogens with zero attached hydrogens (tertiary/aromatic N) is 2. The molecule has 1 fully saturated rings. The van der Waals surface area contributed by atoms with Gasteiger partial charge in [-0.3, -0.25) is 5.10 Å². The molecule has 1 aromatic heterocycles. The van der Waals surface area contributed by atoms with E-state index in [1.165, 1.54) is 17.8 Å². The van der Waals surface area contributed by atoms with E-state index in [0.29, 0.717) is 12.4 Å². The number of H-pyrrole nitrogens is 1. The monoisotopic (exact) mass is 394 g/mol. The van der Waals surface area contributed by atoms with Gasteiger partial charge in [0.25, 0.3) is 0 Å². The minimum atomic E-state index is -0.294. The molecule has 2 heterocycles. The van der Waals surface area contributed by atoms with E-state index in [1.807, 2.05) is 13.8 Å². The number of hydrogen-bond acceptors (Lipinski definition) is 4. The van der Waals surface area contributed by atoms with Crippen LogP contribution in [0.2, 0.25) is 0 Å². The van der Waals surface area contributed by atoms with E-state index >= 15 is 0 Å². The molecular weight excluding hydrogens is 367 g/mol. The highest BCUT2D eigenvalue weighted by atomic mass is 19.1. The molecule has 0 aliphatic carbocycles. The van der Waals surface area contributed by atoms with E-state index in [1.54, 1.807) is 6.07 Å². The Balaban J connectivity index is 1.55. The van der Waals surface area contributed by atoms with Crippen LogP contribution in [-0.4, -0.2) is 43.0 Å². The Morgan fingerprint density at radius 1 is 1.10 bits per heavy atom. The number of benzene rings is 2. The number of ether oxygens (including phenoxy) is 1. The lowest BCUT2D eigenvalue weighted by molar-refractivity contribution is 0.321. The first-order valence-electron chi connectivity index (χ1n) is 10.1. The van der Waals surface area contributed by atoms with Crippen molar-refractivity contribution in [3.8, 4) is 16.9 Å². The van der Waals surface area contributed by atoms with Crippen LogP contribution in [0, 0.1) is 19.7 Å². The zero-order valence-electron chi connectivity index (χ0n) is 17.0. The molecule has 29 heavy (non-hydrogen) atoms. The number of anilines is 1. The van der Waals surface area contributed by atoms with Crippen LogP contribution in [0.25, 0.3) is 11.1 Å². The summed E-state index contributed by atoms with van der Waals surface area (Å²) in [6, 6.07) is 13.2. The highest BCUT2D eigenvalue weighted by Crippen LogP contribution is 2.33. The van der Waals surface area contributed by atoms with Gasteiger partial charge in [0, 0.05) is 55.6 Å². The van der Waals surface area contributed by atoms with Crippen molar-refractivity contribution in [2.24, 2.45) is 0 Å². The molecular formula is C23H27FN4O. The van der Waals surface area contributed by atoms with Gasteiger partial charge in [0.05, 0.1) is 12.3 Å². The summed E-state index contributed by atoms with van der Waals surface area (Å²) in [5, 5.41) is 10.6. The van der Waals surface area contributed by atoms with Crippen LogP contribution in [0.3, 0.4) is 0 Å². The van der Waals surface area contributed by atoms with Gasteiger partial charge in [-0.15, -0.1) is 0 Å². The van der Waals surface area contributed by atoms with Crippen LogP contribution in [0.15, 0.2) is 42.5 Å². The van der Waals surface area contributed by atoms with Crippen molar-refractivity contribution in [2.75, 3.05) is 37.7 Å². The molecule has 5 nitrogen and oxygen atoms in total. The number of hydrogen-bond donors (Lipinski definition) is 2. The maximum atomic E-state index is 14.0. The van der Waals surface area contributed by atoms with E-state index in [2.05, 4.69) is 44.7 Å². The molecule has 152 valence electrons. The number of halogens is 1. The first kappa shape index (κ1) is 19.5. The van der Waals surface area contributed by atoms with E-state index in [-0.39, 0.29) is 5.82 Å². The van der Waals surface area contributed by atoms with Crippen molar-refractivity contribution >= 4 is 5.69 Å². The Morgan fingerprint density at radius 2 is 1.93 bits per heavy atom. The quantitative estimate of drug-likeness (QED) is 0.667. The minimum Gasteiger partial charge on any atom is -0.492 e. The Bertz CT molecular complexity index is 959. The van der Waals surface area contributed by atoms with Gasteiger partial charge >= 0.3 is 0 Å². The summed E-state index contributed by atoms with van der Waals surface area (Å²) in [7, 11) is 0. The minimum absolute atomic E-state index is 0.294. The normalized spacial score (nSPS) is 14.2. The highest BCUT2D eigenvalue weighted by molar-refractivity contribution is 5.74. The van der Waals surface area contributed by atoms with Gasteiger partial charge in [0.15, 0.2) is 0 Å². The van der Waals surface area contributed by atoms with Gasteiger partial charge in [-0.25, -0.2) is 4.39 Å². The van der Waals surface area contributed by atoms with E-state index in [9.17, 15) is 4.39 Å². The third-order valence-electron chi connectivity index (χ3n) is 5.47. The molecule has 0 amide bonds. The second kappa shape index (κ2) is 8.66. The number of nitrogens with one attached hydrogen (secondary N) is 2. The van der Waals surface area contributed by atoms with Crippen molar-refractivity contribution < 1.29 is 9.13 Å². The van der Waals surface area contributed by atoms with Crippen LogP contribution in [0.5, 0.6) is 5.75 Å². The zero-order valence-corrected chi connectivity index (χ0v) is 17.0. The fourth-order valence-electron chi connectivity index (χ4n) is 3.85. The van der Waals surface area contributed by atoms with Crippen LogP contribution in [0.4, 0.5) is 10.1 Å². The van der Waals surface area contributed by atoms with Crippen molar-refractivity contribution in [1.29, 1.82) is 0 Å². The third kappa shape index (κ3) is 4.43. The zero-order chi connectivity index (χ0) is 20.2. The smallest absolute Gasteiger partial charge is 0.130 e. The molecule has 4 rings (SSSR count). The maximum absolute atomic E-state index is 14.0. The van der Waals surface area contributed by atoms with Crippen LogP contribution in [-0.2, 0) is 6.42 Å². The van der Waals surface area contributed by atoms with Crippen molar-refractivity contribution in [3.05, 3.63) is 65.2 Å². The van der Waals surface area contributed by atoms with Gasteiger partial charge in [0.1, 0.15) is 11.6 Å². The molecule has 1 saturated heterocycles. The lowest BCUT2D eigenvalue weighted by atomic mass is 10.0. The van der Waals surface area contributed by atoms with Crippen molar-refractivity contribution in [2.45, 2.75) is 20.3 Å². The Labute approximate surface area is 170 Å². The predicted molar refractivity (Wildman–Crippen MR) is 114 cm³/mol. The van der Waals surface area contributed by atoms with Crippen LogP contribution < -0.4 is 15.0 Å². The molecule has 6 heteroatoms. The largest absolute Gasteiger partial charge is 0.492 e. The number of aryl methyl sites for hydroxylation is 2. The maximum Gasteiger partial charge on any atom is 0.130 e. The van der Waals surface area contributed by atoms with Crippen LogP contribution in [0.1, 0.15) is 17.0 Å². The molecule has 0 bridgehead atoms. The van der Waals surface area contributed by atoms with E-state index in [0.717, 1.165) is 60.7 Å². The highest BCUT2D eigenvalue weighted by Gasteiger charge is 2.14. The average molecular weight is 394 g/mol. The fraction of sp³-hybridized carbons (Fsp3) is 0.348. The van der Waals surface area contributed by atoms with Crippen molar-refractivity contribution in [1.82, 2.24) is 15.5 Å². The van der Waals surface area contributed by atoms with Crippen molar-refractivity contribution in [3.63, 3.8) is 0 Å². The Hall–Kier alpha value is -2.86. The summed E-state index contributed by atoms with van der Waals surface area (Å²) in [5.74, 6) is 0.277. The lowest BCUT2D eigenvalue weighted by Gasteiger charge is -2.29. The number of aromatic amines is 1. The van der Waals surface area contributed by atoms with Gasteiger partial charge in [-0.05, 0) is 49.2 Å². The SMILES string of the molecule is Cc1n[nH]c(C)c1CCOc1cc(F)ccc1-c1cccc(N2CCNCC2)c1. The molecule has 1 aliphatic heterocycles. The summed E-state index contributed by atoms with van der Waals surface area (Å²) in [6.07, 6.45) is 0.727. The lowest BCUT2D eigenvalue weighted by Crippen LogP contribution is -2.43. The van der Waals surface area contributed by atoms with Gasteiger partial charge in [0.2, 0.25) is 0 Å². The molecule has 2 aromatic carbocycles. The van der Waals surface area contributed by atoms with E-state index in [4.69, 9.17) is 4.74 Å². The summed E-state index contributed by atoms with van der Waals surface area (Å²) in [4.78, 5) is 2.37. The molecule has 1 aliphatic rings. The Morgan fingerprint density at radius 3 is 2.69 bits per heavy atom. The average Bonchev–Trinajstić information content (AvgIpc) is 3.07. The summed E-state index contributed by atoms with van der Waals surface area (Å²) in [6.45, 7) is 8.40. The Kier molecular flexibility index (Phi) is 5.81. The van der Waals surface area contributed by atoms with Gasteiger partial charge in [-0.2, -0.15) is 5.10 Å². The molecule has 0 atom stereocenters. The van der Waals surface area contributed by atoms with E-state index < -0.39 is 0 Å². The number of piperazine rings is 1.